The third-order valence-corrected chi connectivity index (χ3v) is 11.4. The predicted octanol–water partition coefficient (Wildman–Crippen LogP) is 15.1. The highest BCUT2D eigenvalue weighted by Crippen LogP contribution is 2.37. The molecule has 1 unspecified atom stereocenters. The van der Waals surface area contributed by atoms with Crippen molar-refractivity contribution >= 4 is 34.0 Å². The molecule has 0 N–H and O–H groups in total. The molecule has 1 heterocycles. The SMILES string of the molecule is C/C=C\C=C/C(C)N(C/C=C\C(=C/C)c1ccc(-c2ccc(N(C3=CCCC=C3)c3ccc(-c4ccccc4)cc3)cc2)s1)c1ccc(-c2ccccc2)cc1. The van der Waals surface area contributed by atoms with Crippen molar-refractivity contribution in [1.82, 2.24) is 0 Å². The van der Waals surface area contributed by atoms with Crippen LogP contribution in [0.1, 0.15) is 38.5 Å². The molecule has 7 rings (SSSR count). The van der Waals surface area contributed by atoms with Crippen LogP contribution in [0.2, 0.25) is 0 Å². The van der Waals surface area contributed by atoms with Gasteiger partial charge in [-0.1, -0.05) is 152 Å². The molecule has 0 aliphatic heterocycles. The predicted molar refractivity (Wildman–Crippen MR) is 246 cm³/mol. The molecule has 6 aromatic rings. The summed E-state index contributed by atoms with van der Waals surface area (Å²) in [6, 6.07) is 52.8. The molecule has 1 aliphatic rings. The first-order valence-corrected chi connectivity index (χ1v) is 20.5. The van der Waals surface area contributed by atoms with Gasteiger partial charge in [-0.2, -0.15) is 0 Å². The van der Waals surface area contributed by atoms with E-state index in [2.05, 4.69) is 237 Å². The van der Waals surface area contributed by atoms with E-state index in [1.807, 2.05) is 11.3 Å². The molecule has 3 heteroatoms. The van der Waals surface area contributed by atoms with Gasteiger partial charge in [0, 0.05) is 45.1 Å². The number of hydrogen-bond acceptors (Lipinski definition) is 3. The average Bonchev–Trinajstić information content (AvgIpc) is 3.76. The summed E-state index contributed by atoms with van der Waals surface area (Å²) in [7, 11) is 0. The van der Waals surface area contributed by atoms with Gasteiger partial charge in [0.1, 0.15) is 0 Å². The molecule has 0 saturated carbocycles. The Morgan fingerprint density at radius 2 is 1.20 bits per heavy atom. The lowest BCUT2D eigenvalue weighted by molar-refractivity contribution is 0.783. The minimum Gasteiger partial charge on any atom is -0.362 e. The van der Waals surface area contributed by atoms with Crippen molar-refractivity contribution in [3.63, 3.8) is 0 Å². The van der Waals surface area contributed by atoms with E-state index < -0.39 is 0 Å². The summed E-state index contributed by atoms with van der Waals surface area (Å²) in [4.78, 5) is 7.34. The van der Waals surface area contributed by atoms with Gasteiger partial charge in [-0.15, -0.1) is 11.3 Å². The van der Waals surface area contributed by atoms with Gasteiger partial charge in [-0.05, 0) is 122 Å². The Balaban J connectivity index is 1.07. The van der Waals surface area contributed by atoms with Crippen molar-refractivity contribution in [2.45, 2.75) is 39.7 Å². The maximum atomic E-state index is 2.44. The third-order valence-electron chi connectivity index (χ3n) is 10.2. The van der Waals surface area contributed by atoms with E-state index in [1.165, 1.54) is 54.5 Å². The van der Waals surface area contributed by atoms with E-state index >= 15 is 0 Å². The van der Waals surface area contributed by atoms with Crippen molar-refractivity contribution in [2.24, 2.45) is 0 Å². The fourth-order valence-electron chi connectivity index (χ4n) is 7.11. The van der Waals surface area contributed by atoms with Gasteiger partial charge < -0.3 is 9.80 Å². The van der Waals surface area contributed by atoms with Crippen molar-refractivity contribution < 1.29 is 0 Å². The molecule has 1 atom stereocenters. The lowest BCUT2D eigenvalue weighted by atomic mass is 10.0. The second kappa shape index (κ2) is 18.9. The van der Waals surface area contributed by atoms with Crippen LogP contribution in [0.25, 0.3) is 38.3 Å². The zero-order chi connectivity index (χ0) is 38.5. The lowest BCUT2D eigenvalue weighted by Crippen LogP contribution is -2.31. The van der Waals surface area contributed by atoms with Crippen LogP contribution in [0.5, 0.6) is 0 Å². The summed E-state index contributed by atoms with van der Waals surface area (Å²) in [5.41, 5.74) is 12.1. The second-order valence-corrected chi connectivity index (χ2v) is 15.0. The normalized spacial score (nSPS) is 13.8. The van der Waals surface area contributed by atoms with Crippen molar-refractivity contribution in [1.29, 1.82) is 0 Å². The molecule has 0 saturated heterocycles. The molecule has 5 aromatic carbocycles. The summed E-state index contributed by atoms with van der Waals surface area (Å²) >= 11 is 1.84. The maximum absolute atomic E-state index is 2.44. The molecule has 56 heavy (non-hydrogen) atoms. The molecular formula is C53H50N2S. The highest BCUT2D eigenvalue weighted by atomic mass is 32.1. The Kier molecular flexibility index (Phi) is 12.9. The Bertz CT molecular complexity index is 2340. The zero-order valence-electron chi connectivity index (χ0n) is 32.6. The van der Waals surface area contributed by atoms with E-state index in [9.17, 15) is 0 Å². The fourth-order valence-corrected chi connectivity index (χ4v) is 8.17. The molecule has 0 radical (unpaired) electrons. The molecule has 0 fully saturated rings. The molecule has 0 spiro atoms. The van der Waals surface area contributed by atoms with Gasteiger partial charge >= 0.3 is 0 Å². The van der Waals surface area contributed by atoms with Crippen molar-refractivity contribution in [3.05, 3.63) is 217 Å². The van der Waals surface area contributed by atoms with Crippen LogP contribution < -0.4 is 9.80 Å². The highest BCUT2D eigenvalue weighted by molar-refractivity contribution is 7.16. The van der Waals surface area contributed by atoms with Gasteiger partial charge in [0.25, 0.3) is 0 Å². The quantitative estimate of drug-likeness (QED) is 0.102. The summed E-state index contributed by atoms with van der Waals surface area (Å²) in [5, 5.41) is 0. The van der Waals surface area contributed by atoms with E-state index in [0.29, 0.717) is 0 Å². The molecule has 1 aromatic heterocycles. The van der Waals surface area contributed by atoms with Crippen LogP contribution in [0.15, 0.2) is 212 Å². The van der Waals surface area contributed by atoms with Gasteiger partial charge in [0.2, 0.25) is 0 Å². The Morgan fingerprint density at radius 3 is 1.75 bits per heavy atom. The number of anilines is 3. The summed E-state index contributed by atoms with van der Waals surface area (Å²) in [5.74, 6) is 0. The van der Waals surface area contributed by atoms with Gasteiger partial charge in [-0.3, -0.25) is 0 Å². The minimum atomic E-state index is 0.221. The van der Waals surface area contributed by atoms with Crippen LogP contribution in [0.4, 0.5) is 17.1 Å². The molecule has 278 valence electrons. The lowest BCUT2D eigenvalue weighted by Gasteiger charge is -2.28. The third kappa shape index (κ3) is 9.37. The minimum absolute atomic E-state index is 0.221. The largest absolute Gasteiger partial charge is 0.362 e. The number of rotatable bonds is 14. The van der Waals surface area contributed by atoms with E-state index in [-0.39, 0.29) is 6.04 Å². The van der Waals surface area contributed by atoms with E-state index in [0.717, 1.165) is 30.8 Å². The molecule has 2 nitrogen and oxygen atoms in total. The monoisotopic (exact) mass is 746 g/mol. The number of allylic oxidation sites excluding steroid dienone is 9. The smallest absolute Gasteiger partial charge is 0.0461 e. The summed E-state index contributed by atoms with van der Waals surface area (Å²) in [6.07, 6.45) is 24.4. The molecule has 0 bridgehead atoms. The Morgan fingerprint density at radius 1 is 0.625 bits per heavy atom. The van der Waals surface area contributed by atoms with Crippen LogP contribution in [-0.4, -0.2) is 12.6 Å². The van der Waals surface area contributed by atoms with Gasteiger partial charge in [0.15, 0.2) is 0 Å². The first-order valence-electron chi connectivity index (χ1n) is 19.7. The number of nitrogens with zero attached hydrogens (tertiary/aromatic N) is 2. The highest BCUT2D eigenvalue weighted by Gasteiger charge is 2.16. The van der Waals surface area contributed by atoms with Crippen LogP contribution in [0, 0.1) is 0 Å². The van der Waals surface area contributed by atoms with E-state index in [4.69, 9.17) is 0 Å². The van der Waals surface area contributed by atoms with E-state index in [1.54, 1.807) is 0 Å². The first-order chi connectivity index (χ1) is 27.6. The Labute approximate surface area is 338 Å². The molecule has 0 amide bonds. The van der Waals surface area contributed by atoms with Crippen LogP contribution >= 0.6 is 11.3 Å². The first kappa shape index (κ1) is 38.1. The summed E-state index contributed by atoms with van der Waals surface area (Å²) in [6.45, 7) is 7.23. The van der Waals surface area contributed by atoms with Crippen molar-refractivity contribution in [3.8, 4) is 32.7 Å². The van der Waals surface area contributed by atoms with Crippen LogP contribution in [0.3, 0.4) is 0 Å². The molecular weight excluding hydrogens is 697 g/mol. The summed E-state index contributed by atoms with van der Waals surface area (Å²) < 4.78 is 0. The standard InChI is InChI=1S/C53H50N2S/c1-4-6-10-18-41(3)54(48-32-26-45(27-33-48)43-19-11-7-12-20-43)40-17-23-42(5-2)52-38-39-53(56-52)47-30-36-51(37-31-47)55(49-24-15-9-16-25-49)50-34-28-46(29-35-50)44-21-13-8-14-22-44/h4-8,10-15,17-39,41H,9,16,40H2,1-3H3/b6-4-,18-10-,23-17-,42-5+. The molecule has 1 aliphatic carbocycles. The van der Waals surface area contributed by atoms with Crippen molar-refractivity contribution in [2.75, 3.05) is 16.3 Å². The average molecular weight is 747 g/mol. The zero-order valence-corrected chi connectivity index (χ0v) is 33.4. The maximum Gasteiger partial charge on any atom is 0.0461 e. The second-order valence-electron chi connectivity index (χ2n) is 13.9. The Hall–Kier alpha value is -6.16. The van der Waals surface area contributed by atoms with Crippen LogP contribution in [-0.2, 0) is 0 Å². The van der Waals surface area contributed by atoms with Gasteiger partial charge in [0.05, 0.1) is 0 Å². The topological polar surface area (TPSA) is 6.48 Å². The number of benzene rings is 5. The van der Waals surface area contributed by atoms with Gasteiger partial charge in [-0.25, -0.2) is 0 Å². The number of thiophene rings is 1. The fraction of sp³-hybridized carbons (Fsp3) is 0.132. The number of hydrogen-bond donors (Lipinski definition) is 0.